The quantitative estimate of drug-likeness (QED) is 0.601. The number of fused-ring (bicyclic) bond motifs is 2. The summed E-state index contributed by atoms with van der Waals surface area (Å²) in [5.74, 6) is -2.13. The Bertz CT molecular complexity index is 1080. The SMILES string of the molecule is COc1cc(C(=O)C2c3ccccc3OC2C(C)C)c2ccc(F)c(F)c2n1. The second-order valence-corrected chi connectivity index (χ2v) is 7.18. The van der Waals surface area contributed by atoms with E-state index in [2.05, 4.69) is 4.98 Å². The molecule has 2 aromatic carbocycles. The van der Waals surface area contributed by atoms with Gasteiger partial charge in [0.15, 0.2) is 17.4 Å². The van der Waals surface area contributed by atoms with Crippen LogP contribution in [0.1, 0.15) is 35.7 Å². The maximum absolute atomic E-state index is 14.4. The molecule has 1 aliphatic heterocycles. The van der Waals surface area contributed by atoms with Crippen LogP contribution in [0.15, 0.2) is 42.5 Å². The van der Waals surface area contributed by atoms with E-state index in [9.17, 15) is 13.6 Å². The first kappa shape index (κ1) is 18.3. The molecule has 0 bridgehead atoms. The zero-order valence-corrected chi connectivity index (χ0v) is 15.7. The van der Waals surface area contributed by atoms with E-state index in [4.69, 9.17) is 9.47 Å². The molecule has 6 heteroatoms. The number of benzene rings is 2. The number of ketones is 1. The number of methoxy groups -OCH3 is 1. The Morgan fingerprint density at radius 3 is 2.64 bits per heavy atom. The van der Waals surface area contributed by atoms with Gasteiger partial charge in [0.2, 0.25) is 5.88 Å². The first-order valence-corrected chi connectivity index (χ1v) is 9.05. The summed E-state index contributed by atoms with van der Waals surface area (Å²) in [6, 6.07) is 11.2. The summed E-state index contributed by atoms with van der Waals surface area (Å²) in [4.78, 5) is 17.6. The fourth-order valence-corrected chi connectivity index (χ4v) is 3.73. The van der Waals surface area contributed by atoms with Gasteiger partial charge in [0.25, 0.3) is 0 Å². The maximum Gasteiger partial charge on any atom is 0.214 e. The van der Waals surface area contributed by atoms with Gasteiger partial charge in [0, 0.05) is 22.6 Å². The Kier molecular flexibility index (Phi) is 4.49. The molecular weight excluding hydrogens is 364 g/mol. The number of hydrogen-bond acceptors (Lipinski definition) is 4. The minimum atomic E-state index is -1.10. The zero-order valence-electron chi connectivity index (χ0n) is 15.7. The lowest BCUT2D eigenvalue weighted by molar-refractivity contribution is 0.0846. The highest BCUT2D eigenvalue weighted by molar-refractivity contribution is 6.11. The summed E-state index contributed by atoms with van der Waals surface area (Å²) < 4.78 is 39.2. The van der Waals surface area contributed by atoms with Gasteiger partial charge in [0.05, 0.1) is 13.0 Å². The van der Waals surface area contributed by atoms with Crippen molar-refractivity contribution in [3.8, 4) is 11.6 Å². The third-order valence-corrected chi connectivity index (χ3v) is 5.11. The van der Waals surface area contributed by atoms with Gasteiger partial charge >= 0.3 is 0 Å². The molecule has 0 spiro atoms. The van der Waals surface area contributed by atoms with Crippen LogP contribution in [0.3, 0.4) is 0 Å². The molecule has 2 heterocycles. The normalized spacial score (nSPS) is 18.2. The van der Waals surface area contributed by atoms with Crippen LogP contribution in [0.2, 0.25) is 0 Å². The van der Waals surface area contributed by atoms with Gasteiger partial charge < -0.3 is 9.47 Å². The third kappa shape index (κ3) is 2.80. The fourth-order valence-electron chi connectivity index (χ4n) is 3.73. The molecule has 144 valence electrons. The Hall–Kier alpha value is -3.02. The zero-order chi connectivity index (χ0) is 20.0. The van der Waals surface area contributed by atoms with Crippen molar-refractivity contribution in [3.05, 3.63) is 65.2 Å². The van der Waals surface area contributed by atoms with Crippen molar-refractivity contribution in [1.82, 2.24) is 4.98 Å². The van der Waals surface area contributed by atoms with Crippen LogP contribution < -0.4 is 9.47 Å². The predicted octanol–water partition coefficient (Wildman–Crippen LogP) is 4.91. The third-order valence-electron chi connectivity index (χ3n) is 5.11. The Balaban J connectivity index is 1.92. The Morgan fingerprint density at radius 1 is 1.18 bits per heavy atom. The van der Waals surface area contributed by atoms with Crippen LogP contribution in [0.25, 0.3) is 10.9 Å². The first-order chi connectivity index (χ1) is 13.4. The summed E-state index contributed by atoms with van der Waals surface area (Å²) in [6.07, 6.45) is -0.357. The topological polar surface area (TPSA) is 48.4 Å². The van der Waals surface area contributed by atoms with E-state index in [-0.39, 0.29) is 40.2 Å². The number of carbonyl (C=O) groups excluding carboxylic acids is 1. The van der Waals surface area contributed by atoms with Gasteiger partial charge in [-0.1, -0.05) is 32.0 Å². The molecule has 1 aromatic heterocycles. The average Bonchev–Trinajstić information content (AvgIpc) is 3.09. The summed E-state index contributed by atoms with van der Waals surface area (Å²) in [5, 5.41) is 0.247. The van der Waals surface area contributed by atoms with Gasteiger partial charge in [-0.25, -0.2) is 13.8 Å². The second-order valence-electron chi connectivity index (χ2n) is 7.18. The maximum atomic E-state index is 14.4. The van der Waals surface area contributed by atoms with Crippen molar-refractivity contribution in [3.63, 3.8) is 0 Å². The van der Waals surface area contributed by atoms with Gasteiger partial charge in [-0.05, 0) is 24.1 Å². The number of halogens is 2. The van der Waals surface area contributed by atoms with Crippen LogP contribution in [0, 0.1) is 17.6 Å². The van der Waals surface area contributed by atoms with Crippen molar-refractivity contribution < 1.29 is 23.0 Å². The number of nitrogens with zero attached hydrogens (tertiary/aromatic N) is 1. The molecule has 0 fully saturated rings. The number of ether oxygens (including phenoxy) is 2. The van der Waals surface area contributed by atoms with E-state index < -0.39 is 17.6 Å². The first-order valence-electron chi connectivity index (χ1n) is 9.05. The minimum Gasteiger partial charge on any atom is -0.489 e. The van der Waals surface area contributed by atoms with Gasteiger partial charge in [-0.15, -0.1) is 0 Å². The molecule has 4 nitrogen and oxygen atoms in total. The van der Waals surface area contributed by atoms with Gasteiger partial charge in [-0.3, -0.25) is 4.79 Å². The molecule has 3 aromatic rings. The number of carbonyl (C=O) groups is 1. The van der Waals surface area contributed by atoms with E-state index in [1.54, 1.807) is 0 Å². The number of para-hydroxylation sites is 1. The highest BCUT2D eigenvalue weighted by Crippen LogP contribution is 2.43. The number of hydrogen-bond donors (Lipinski definition) is 0. The van der Waals surface area contributed by atoms with Gasteiger partial charge in [-0.2, -0.15) is 0 Å². The molecule has 0 saturated heterocycles. The summed E-state index contributed by atoms with van der Waals surface area (Å²) >= 11 is 0. The number of aromatic nitrogens is 1. The van der Waals surface area contributed by atoms with Crippen molar-refractivity contribution in [2.24, 2.45) is 5.92 Å². The highest BCUT2D eigenvalue weighted by atomic mass is 19.2. The summed E-state index contributed by atoms with van der Waals surface area (Å²) in [7, 11) is 1.37. The van der Waals surface area contributed by atoms with Crippen molar-refractivity contribution in [2.75, 3.05) is 7.11 Å². The van der Waals surface area contributed by atoms with E-state index in [0.29, 0.717) is 5.75 Å². The molecule has 0 aliphatic carbocycles. The number of rotatable bonds is 4. The van der Waals surface area contributed by atoms with Gasteiger partial charge in [0.1, 0.15) is 17.4 Å². The van der Waals surface area contributed by atoms with Crippen LogP contribution in [0.4, 0.5) is 8.78 Å². The molecule has 1 aliphatic rings. The summed E-state index contributed by atoms with van der Waals surface area (Å²) in [6.45, 7) is 3.97. The number of Topliss-reactive ketones (excluding diaryl/α,β-unsaturated/α-hetero) is 1. The molecule has 0 saturated carbocycles. The van der Waals surface area contributed by atoms with Crippen LogP contribution in [0.5, 0.6) is 11.6 Å². The molecule has 0 radical (unpaired) electrons. The highest BCUT2D eigenvalue weighted by Gasteiger charge is 2.41. The predicted molar refractivity (Wildman–Crippen MR) is 101 cm³/mol. The van der Waals surface area contributed by atoms with E-state index in [0.717, 1.165) is 11.6 Å². The monoisotopic (exact) mass is 383 g/mol. The molecule has 0 amide bonds. The van der Waals surface area contributed by atoms with Crippen LogP contribution in [-0.2, 0) is 0 Å². The van der Waals surface area contributed by atoms with Crippen LogP contribution in [-0.4, -0.2) is 24.0 Å². The molecule has 0 N–H and O–H groups in total. The van der Waals surface area contributed by atoms with Crippen molar-refractivity contribution >= 4 is 16.7 Å². The lowest BCUT2D eigenvalue weighted by atomic mass is 9.83. The van der Waals surface area contributed by atoms with E-state index in [1.165, 1.54) is 19.2 Å². The Labute approximate surface area is 161 Å². The summed E-state index contributed by atoms with van der Waals surface area (Å²) in [5.41, 5.74) is 0.797. The largest absolute Gasteiger partial charge is 0.489 e. The molecule has 2 atom stereocenters. The standard InChI is InChI=1S/C22H19F2NO3/c1-11(2)22-18(13-6-4-5-7-16(13)28-22)21(26)14-10-17(27-3)25-20-12(14)8-9-15(23)19(20)24/h4-11,18,22H,1-3H3. The lowest BCUT2D eigenvalue weighted by Crippen LogP contribution is -2.30. The molecule has 4 rings (SSSR count). The second kappa shape index (κ2) is 6.86. The van der Waals surface area contributed by atoms with E-state index >= 15 is 0 Å². The smallest absolute Gasteiger partial charge is 0.214 e. The van der Waals surface area contributed by atoms with Crippen molar-refractivity contribution in [1.29, 1.82) is 0 Å². The average molecular weight is 383 g/mol. The fraction of sp³-hybridized carbons (Fsp3) is 0.273. The van der Waals surface area contributed by atoms with Crippen LogP contribution >= 0.6 is 0 Å². The number of pyridine rings is 1. The van der Waals surface area contributed by atoms with E-state index in [1.807, 2.05) is 38.1 Å². The molecule has 2 unspecified atom stereocenters. The Morgan fingerprint density at radius 2 is 1.93 bits per heavy atom. The lowest BCUT2D eigenvalue weighted by Gasteiger charge is -2.22. The van der Waals surface area contributed by atoms with Crippen molar-refractivity contribution in [2.45, 2.75) is 25.9 Å². The minimum absolute atomic E-state index is 0.0497. The molecule has 28 heavy (non-hydrogen) atoms. The molecular formula is C22H19F2NO3.